The fourth-order valence-electron chi connectivity index (χ4n) is 5.48. The van der Waals surface area contributed by atoms with Gasteiger partial charge in [0.05, 0.1) is 11.9 Å². The normalized spacial score (nSPS) is 18.3. The Bertz CT molecular complexity index is 1530. The summed E-state index contributed by atoms with van der Waals surface area (Å²) in [6.07, 6.45) is 5.71. The fraction of sp³-hybridized carbons (Fsp3) is 0.250. The number of aliphatic carboxylic acids is 1. The Labute approximate surface area is 207 Å². The van der Waals surface area contributed by atoms with Crippen LogP contribution in [0.4, 0.5) is 5.82 Å². The second-order valence-corrected chi connectivity index (χ2v) is 10.2. The third-order valence-electron chi connectivity index (χ3n) is 7.28. The minimum absolute atomic E-state index is 0.234. The molecule has 2 aromatic carbocycles. The van der Waals surface area contributed by atoms with Gasteiger partial charge >= 0.3 is 5.97 Å². The van der Waals surface area contributed by atoms with Crippen molar-refractivity contribution in [3.63, 3.8) is 0 Å². The molecule has 1 saturated carbocycles. The van der Waals surface area contributed by atoms with E-state index in [1.807, 2.05) is 18.3 Å². The number of carboxylic acid groups (broad SMARTS) is 1. The number of fused-ring (bicyclic) bond motifs is 2. The summed E-state index contributed by atoms with van der Waals surface area (Å²) in [6.45, 7) is 0. The second-order valence-electron chi connectivity index (χ2n) is 9.44. The third kappa shape index (κ3) is 3.96. The smallest absolute Gasteiger partial charge is 0.303 e. The van der Waals surface area contributed by atoms with Gasteiger partial charge in [-0.15, -0.1) is 0 Å². The molecule has 1 aliphatic carbocycles. The average molecular weight is 483 g/mol. The first-order valence-electron chi connectivity index (χ1n) is 12.0. The molecule has 3 heterocycles. The van der Waals surface area contributed by atoms with Crippen molar-refractivity contribution < 1.29 is 9.90 Å². The van der Waals surface area contributed by atoms with Gasteiger partial charge in [-0.1, -0.05) is 36.4 Å². The minimum Gasteiger partial charge on any atom is -0.481 e. The van der Waals surface area contributed by atoms with Crippen molar-refractivity contribution in [1.29, 1.82) is 0 Å². The number of rotatable bonds is 5. The summed E-state index contributed by atoms with van der Waals surface area (Å²) in [5.74, 6) is 0.359. The Hall–Kier alpha value is -3.71. The van der Waals surface area contributed by atoms with Crippen molar-refractivity contribution in [2.75, 3.05) is 5.73 Å². The van der Waals surface area contributed by atoms with Crippen LogP contribution in [0, 0.1) is 5.92 Å². The molecule has 0 amide bonds. The van der Waals surface area contributed by atoms with Crippen LogP contribution >= 0.6 is 11.3 Å². The highest BCUT2D eigenvalue weighted by Crippen LogP contribution is 2.43. The molecule has 0 bridgehead atoms. The number of thiophene rings is 1. The first-order chi connectivity index (χ1) is 17.1. The third-order valence-corrected chi connectivity index (χ3v) is 7.96. The average Bonchev–Trinajstić information content (AvgIpc) is 3.54. The molecule has 1 fully saturated rings. The molecular formula is C28H26N4O2S. The minimum atomic E-state index is -0.713. The standard InChI is InChI=1S/C28H26N4O2S/c29-27-25(22-11-12-35-16-22)26(19-7-5-17(6-8-19)13-24(33)34)31-28-23(15-30-32(27)28)21-10-9-18-3-1-2-4-20(18)14-21/h1-4,9-12,14-17,19H,5-8,13,29H2,(H,33,34)/t17-,19-. The van der Waals surface area contributed by atoms with Gasteiger partial charge in [-0.2, -0.15) is 21.0 Å². The van der Waals surface area contributed by atoms with Gasteiger partial charge in [-0.05, 0) is 76.4 Å². The summed E-state index contributed by atoms with van der Waals surface area (Å²) in [4.78, 5) is 16.4. The summed E-state index contributed by atoms with van der Waals surface area (Å²) < 4.78 is 1.76. The summed E-state index contributed by atoms with van der Waals surface area (Å²) in [7, 11) is 0. The molecule has 0 radical (unpaired) electrons. The van der Waals surface area contributed by atoms with Gasteiger partial charge in [0, 0.05) is 23.5 Å². The van der Waals surface area contributed by atoms with Gasteiger partial charge in [-0.25, -0.2) is 4.98 Å². The van der Waals surface area contributed by atoms with E-state index in [2.05, 4.69) is 52.3 Å². The number of aromatic nitrogens is 3. The molecule has 7 heteroatoms. The first-order valence-corrected chi connectivity index (χ1v) is 12.9. The number of anilines is 1. The maximum Gasteiger partial charge on any atom is 0.303 e. The molecule has 0 spiro atoms. The topological polar surface area (TPSA) is 93.5 Å². The number of carbonyl (C=O) groups is 1. The quantitative estimate of drug-likeness (QED) is 0.294. The lowest BCUT2D eigenvalue weighted by molar-refractivity contribution is -0.138. The summed E-state index contributed by atoms with van der Waals surface area (Å²) >= 11 is 1.64. The number of carboxylic acids is 1. The molecule has 1 aliphatic rings. The number of hydrogen-bond donors (Lipinski definition) is 2. The molecule has 0 saturated heterocycles. The van der Waals surface area contributed by atoms with Crippen LogP contribution < -0.4 is 5.73 Å². The SMILES string of the molecule is Nc1c(-c2ccsc2)c([C@H]2CC[C@H](CC(=O)O)CC2)nc2c(-c3ccc4ccccc4c3)cnn12. The summed E-state index contributed by atoms with van der Waals surface area (Å²) in [5, 5.41) is 20.4. The van der Waals surface area contributed by atoms with Crippen LogP contribution in [0.15, 0.2) is 65.5 Å². The number of nitrogens with two attached hydrogens (primary N) is 1. The largest absolute Gasteiger partial charge is 0.481 e. The van der Waals surface area contributed by atoms with Crippen LogP contribution in [0.25, 0.3) is 38.7 Å². The van der Waals surface area contributed by atoms with Crippen LogP contribution in [-0.2, 0) is 4.79 Å². The molecule has 35 heavy (non-hydrogen) atoms. The van der Waals surface area contributed by atoms with Gasteiger partial charge in [-0.3, -0.25) is 4.79 Å². The molecule has 3 N–H and O–H groups in total. The van der Waals surface area contributed by atoms with Crippen LogP contribution in [0.3, 0.4) is 0 Å². The first kappa shape index (κ1) is 21.8. The number of benzene rings is 2. The molecule has 0 unspecified atom stereocenters. The fourth-order valence-corrected chi connectivity index (χ4v) is 6.13. The van der Waals surface area contributed by atoms with Crippen molar-refractivity contribution in [2.45, 2.75) is 38.0 Å². The monoisotopic (exact) mass is 482 g/mol. The van der Waals surface area contributed by atoms with Gasteiger partial charge in [0.25, 0.3) is 0 Å². The van der Waals surface area contributed by atoms with Crippen molar-refractivity contribution in [3.8, 4) is 22.3 Å². The van der Waals surface area contributed by atoms with E-state index in [1.165, 1.54) is 10.8 Å². The molecule has 176 valence electrons. The Morgan fingerprint density at radius 1 is 1.06 bits per heavy atom. The zero-order chi connectivity index (χ0) is 23.9. The highest BCUT2D eigenvalue weighted by Gasteiger charge is 2.29. The van der Waals surface area contributed by atoms with Crippen LogP contribution in [0.5, 0.6) is 0 Å². The molecular weight excluding hydrogens is 456 g/mol. The molecule has 0 atom stereocenters. The van der Waals surface area contributed by atoms with Gasteiger partial charge in [0.1, 0.15) is 5.82 Å². The van der Waals surface area contributed by atoms with E-state index in [1.54, 1.807) is 15.9 Å². The molecule has 6 rings (SSSR count). The van der Waals surface area contributed by atoms with Crippen molar-refractivity contribution >= 4 is 39.5 Å². The molecule has 5 aromatic rings. The Kier molecular flexibility index (Phi) is 5.49. The Balaban J connectivity index is 1.47. The van der Waals surface area contributed by atoms with Gasteiger partial charge < -0.3 is 10.8 Å². The van der Waals surface area contributed by atoms with E-state index >= 15 is 0 Å². The van der Waals surface area contributed by atoms with Crippen molar-refractivity contribution in [1.82, 2.24) is 14.6 Å². The van der Waals surface area contributed by atoms with E-state index in [0.717, 1.165) is 59.3 Å². The van der Waals surface area contributed by atoms with Crippen LogP contribution in [0.1, 0.15) is 43.7 Å². The van der Waals surface area contributed by atoms with E-state index in [0.29, 0.717) is 5.82 Å². The lowest BCUT2D eigenvalue weighted by Crippen LogP contribution is -2.18. The predicted octanol–water partition coefficient (Wildman–Crippen LogP) is 6.61. The maximum absolute atomic E-state index is 11.2. The number of hydrogen-bond acceptors (Lipinski definition) is 5. The lowest BCUT2D eigenvalue weighted by atomic mass is 9.78. The van der Waals surface area contributed by atoms with E-state index < -0.39 is 5.97 Å². The second kappa shape index (κ2) is 8.82. The van der Waals surface area contributed by atoms with Crippen LogP contribution in [-0.4, -0.2) is 25.7 Å². The van der Waals surface area contributed by atoms with Gasteiger partial charge in [0.15, 0.2) is 5.65 Å². The van der Waals surface area contributed by atoms with E-state index in [9.17, 15) is 9.90 Å². The van der Waals surface area contributed by atoms with Crippen molar-refractivity contribution in [3.05, 3.63) is 71.2 Å². The Morgan fingerprint density at radius 2 is 1.86 bits per heavy atom. The predicted molar refractivity (Wildman–Crippen MR) is 141 cm³/mol. The lowest BCUT2D eigenvalue weighted by Gasteiger charge is -2.29. The molecule has 3 aromatic heterocycles. The van der Waals surface area contributed by atoms with Gasteiger partial charge in [0.2, 0.25) is 0 Å². The zero-order valence-electron chi connectivity index (χ0n) is 19.2. The Morgan fingerprint density at radius 3 is 2.60 bits per heavy atom. The number of nitrogens with zero attached hydrogens (tertiary/aromatic N) is 3. The molecule has 6 nitrogen and oxygen atoms in total. The van der Waals surface area contributed by atoms with Crippen molar-refractivity contribution in [2.24, 2.45) is 5.92 Å². The summed E-state index contributed by atoms with van der Waals surface area (Å²) in [5.41, 5.74) is 12.6. The maximum atomic E-state index is 11.2. The summed E-state index contributed by atoms with van der Waals surface area (Å²) in [6, 6.07) is 16.8. The molecule has 0 aliphatic heterocycles. The highest BCUT2D eigenvalue weighted by atomic mass is 32.1. The van der Waals surface area contributed by atoms with E-state index in [4.69, 9.17) is 10.7 Å². The zero-order valence-corrected chi connectivity index (χ0v) is 20.0. The van der Waals surface area contributed by atoms with E-state index in [-0.39, 0.29) is 18.3 Å². The number of nitrogen functional groups attached to an aromatic ring is 1. The highest BCUT2D eigenvalue weighted by molar-refractivity contribution is 7.08. The van der Waals surface area contributed by atoms with Crippen LogP contribution in [0.2, 0.25) is 0 Å².